The van der Waals surface area contributed by atoms with Gasteiger partial charge in [-0.15, -0.1) is 0 Å². The summed E-state index contributed by atoms with van der Waals surface area (Å²) < 4.78 is 6.32. The van der Waals surface area contributed by atoms with Gasteiger partial charge in [0.05, 0.1) is 45.8 Å². The molecule has 0 aliphatic rings. The number of nitrogens with two attached hydrogens (primary N) is 1. The fourth-order valence-electron chi connectivity index (χ4n) is 4.21. The molecule has 0 atom stereocenters. The molecule has 0 aliphatic carbocycles. The van der Waals surface area contributed by atoms with Crippen LogP contribution in [0.15, 0.2) is 18.2 Å². The van der Waals surface area contributed by atoms with Gasteiger partial charge in [-0.3, -0.25) is 4.79 Å². The van der Waals surface area contributed by atoms with Crippen molar-refractivity contribution in [1.82, 2.24) is 15.0 Å². The predicted octanol–water partition coefficient (Wildman–Crippen LogP) is 4.32. The van der Waals surface area contributed by atoms with Gasteiger partial charge >= 0.3 is 5.97 Å². The summed E-state index contributed by atoms with van der Waals surface area (Å²) >= 11 is 0. The van der Waals surface area contributed by atoms with Gasteiger partial charge in [0.15, 0.2) is 0 Å². The molecule has 0 amide bonds. The van der Waals surface area contributed by atoms with E-state index in [1.54, 1.807) is 0 Å². The number of quaternary nitrogens is 1. The van der Waals surface area contributed by atoms with Crippen molar-refractivity contribution in [2.45, 2.75) is 58.3 Å². The number of carboxylic acid groups (broad SMARTS) is 1. The van der Waals surface area contributed by atoms with E-state index in [1.807, 2.05) is 0 Å². The monoisotopic (exact) mass is 470 g/mol. The first-order valence-electron chi connectivity index (χ1n) is 12.5. The molecule has 3 rings (SSSR count). The Morgan fingerprint density at radius 2 is 1.91 bits per heavy atom. The van der Waals surface area contributed by atoms with Crippen LogP contribution in [-0.2, 0) is 22.4 Å². The number of aromatic amines is 1. The second-order valence-electron chi connectivity index (χ2n) is 9.81. The van der Waals surface area contributed by atoms with Crippen LogP contribution in [-0.4, -0.2) is 70.9 Å². The zero-order chi connectivity index (χ0) is 24.6. The van der Waals surface area contributed by atoms with E-state index in [0.29, 0.717) is 12.4 Å². The third-order valence-corrected chi connectivity index (χ3v) is 6.36. The molecule has 1 aromatic carbocycles. The molecule has 0 fully saturated rings. The molecule has 8 nitrogen and oxygen atoms in total. The predicted molar refractivity (Wildman–Crippen MR) is 137 cm³/mol. The normalized spacial score (nSPS) is 12.1. The number of nitrogen functional groups attached to an aromatic ring is 1. The summed E-state index contributed by atoms with van der Waals surface area (Å²) in [6.07, 6.45) is 7.68. The Labute approximate surface area is 202 Å². The third-order valence-electron chi connectivity index (χ3n) is 6.36. The van der Waals surface area contributed by atoms with Crippen molar-refractivity contribution in [3.8, 4) is 0 Å². The maximum atomic E-state index is 10.5. The summed E-state index contributed by atoms with van der Waals surface area (Å²) in [5.41, 5.74) is 10.2. The highest BCUT2D eigenvalue weighted by Gasteiger charge is 2.15. The number of H-pyrrole nitrogens is 1. The Bertz CT molecular complexity index is 1090. The van der Waals surface area contributed by atoms with Crippen LogP contribution >= 0.6 is 0 Å². The summed E-state index contributed by atoms with van der Waals surface area (Å²) in [6.45, 7) is 5.02. The highest BCUT2D eigenvalue weighted by atomic mass is 16.5. The van der Waals surface area contributed by atoms with Crippen molar-refractivity contribution in [3.05, 3.63) is 29.6 Å². The fraction of sp³-hybridized carbons (Fsp3) is 0.577. The van der Waals surface area contributed by atoms with Crippen molar-refractivity contribution in [3.63, 3.8) is 0 Å². The van der Waals surface area contributed by atoms with Gasteiger partial charge in [-0.25, -0.2) is 9.97 Å². The molecule has 4 N–H and O–H groups in total. The zero-order valence-electron chi connectivity index (χ0n) is 20.9. The number of carbonyl (C=O) groups is 1. The molecule has 0 unspecified atom stereocenters. The van der Waals surface area contributed by atoms with Crippen LogP contribution in [0.4, 0.5) is 5.82 Å². The number of ether oxygens (including phenoxy) is 1. The van der Waals surface area contributed by atoms with Crippen LogP contribution in [0.2, 0.25) is 0 Å². The van der Waals surface area contributed by atoms with E-state index in [1.165, 1.54) is 5.56 Å². The minimum absolute atomic E-state index is 0.0664. The number of aliphatic carboxylic acids is 1. The summed E-state index contributed by atoms with van der Waals surface area (Å²) in [4.78, 5) is 23.3. The lowest BCUT2D eigenvalue weighted by atomic mass is 10.0. The summed E-state index contributed by atoms with van der Waals surface area (Å²) in [6, 6.07) is 6.47. The van der Waals surface area contributed by atoms with Crippen LogP contribution < -0.4 is 5.73 Å². The standard InChI is InChI=1S/C26H39N5O3/c1-4-5-10-22-29-24-20-12-11-19(18-21(20)28-26(27)25(24)30-22)9-7-6-8-14-31(2,3)15-17-34-16-13-23(32)33/h11-12,18H,4-10,13-17H2,1-3H3,(H3-,27,28,29,30,32,33)/p+1. The molecular formula is C26H40N5O3+. The van der Waals surface area contributed by atoms with E-state index in [9.17, 15) is 4.79 Å². The number of likely N-dealkylation sites (N-methyl/N-ethyl adjacent to an activating group) is 1. The summed E-state index contributed by atoms with van der Waals surface area (Å²) in [5.74, 6) is 0.683. The fourth-order valence-corrected chi connectivity index (χ4v) is 4.21. The molecule has 186 valence electrons. The number of carboxylic acids is 1. The van der Waals surface area contributed by atoms with E-state index in [2.05, 4.69) is 49.2 Å². The van der Waals surface area contributed by atoms with E-state index in [4.69, 9.17) is 20.6 Å². The molecular weight excluding hydrogens is 430 g/mol. The number of hydrogen-bond donors (Lipinski definition) is 3. The first kappa shape index (κ1) is 25.9. The number of nitrogens with zero attached hydrogens (tertiary/aromatic N) is 3. The van der Waals surface area contributed by atoms with Crippen LogP contribution in [0.1, 0.15) is 56.8 Å². The van der Waals surface area contributed by atoms with Crippen LogP contribution in [0.25, 0.3) is 21.9 Å². The number of hydrogen-bond acceptors (Lipinski definition) is 5. The maximum absolute atomic E-state index is 10.5. The van der Waals surface area contributed by atoms with Crippen molar-refractivity contribution in [1.29, 1.82) is 0 Å². The lowest BCUT2D eigenvalue weighted by Gasteiger charge is -2.29. The lowest BCUT2D eigenvalue weighted by molar-refractivity contribution is -0.891. The maximum Gasteiger partial charge on any atom is 0.305 e. The average Bonchev–Trinajstić information content (AvgIpc) is 3.22. The smallest absolute Gasteiger partial charge is 0.305 e. The largest absolute Gasteiger partial charge is 0.481 e. The quantitative estimate of drug-likeness (QED) is 0.225. The van der Waals surface area contributed by atoms with Gasteiger partial charge in [-0.1, -0.05) is 25.5 Å². The van der Waals surface area contributed by atoms with Gasteiger partial charge in [0.1, 0.15) is 29.2 Å². The molecule has 2 aromatic heterocycles. The molecule has 0 aliphatic heterocycles. The van der Waals surface area contributed by atoms with Gasteiger partial charge in [0.25, 0.3) is 0 Å². The number of rotatable bonds is 15. The molecule has 0 saturated carbocycles. The van der Waals surface area contributed by atoms with Crippen molar-refractivity contribution in [2.75, 3.05) is 46.1 Å². The van der Waals surface area contributed by atoms with E-state index < -0.39 is 5.97 Å². The van der Waals surface area contributed by atoms with Crippen LogP contribution in [0.5, 0.6) is 0 Å². The molecule has 0 bridgehead atoms. The number of pyridine rings is 1. The number of fused-ring (bicyclic) bond motifs is 3. The summed E-state index contributed by atoms with van der Waals surface area (Å²) in [7, 11) is 4.40. The summed E-state index contributed by atoms with van der Waals surface area (Å²) in [5, 5.41) is 9.71. The Hall–Kier alpha value is -2.71. The number of anilines is 1. The van der Waals surface area contributed by atoms with E-state index in [-0.39, 0.29) is 13.0 Å². The average molecular weight is 471 g/mol. The SMILES string of the molecule is CCCCc1nc2c([nH]1)c(N)nc1cc(CCCCC[N+](C)(C)CCOCCC(=O)O)ccc12. The minimum atomic E-state index is -0.814. The molecule has 0 spiro atoms. The Morgan fingerprint density at radius 3 is 2.68 bits per heavy atom. The van der Waals surface area contributed by atoms with Gasteiger partial charge in [0.2, 0.25) is 0 Å². The van der Waals surface area contributed by atoms with Crippen molar-refractivity contribution < 1.29 is 19.1 Å². The highest BCUT2D eigenvalue weighted by Crippen LogP contribution is 2.27. The van der Waals surface area contributed by atoms with Gasteiger partial charge in [0, 0.05) is 11.8 Å². The molecule has 34 heavy (non-hydrogen) atoms. The molecule has 3 aromatic rings. The number of imidazole rings is 1. The second-order valence-corrected chi connectivity index (χ2v) is 9.81. The molecule has 8 heteroatoms. The Kier molecular flexibility index (Phi) is 9.24. The van der Waals surface area contributed by atoms with E-state index in [0.717, 1.165) is 90.3 Å². The van der Waals surface area contributed by atoms with Gasteiger partial charge in [-0.2, -0.15) is 0 Å². The second kappa shape index (κ2) is 12.1. The van der Waals surface area contributed by atoms with Crippen LogP contribution in [0.3, 0.4) is 0 Å². The van der Waals surface area contributed by atoms with Crippen molar-refractivity contribution in [2.24, 2.45) is 0 Å². The number of aryl methyl sites for hydroxylation is 2. The third kappa shape index (κ3) is 7.40. The first-order chi connectivity index (χ1) is 16.3. The first-order valence-corrected chi connectivity index (χ1v) is 12.5. The van der Waals surface area contributed by atoms with Crippen LogP contribution in [0, 0.1) is 0 Å². The molecule has 2 heterocycles. The van der Waals surface area contributed by atoms with Crippen molar-refractivity contribution >= 4 is 33.7 Å². The van der Waals surface area contributed by atoms with E-state index >= 15 is 0 Å². The Morgan fingerprint density at radius 1 is 1.09 bits per heavy atom. The topological polar surface area (TPSA) is 114 Å². The van der Waals surface area contributed by atoms with Gasteiger partial charge in [-0.05, 0) is 43.7 Å². The van der Waals surface area contributed by atoms with Gasteiger partial charge < -0.3 is 25.0 Å². The number of benzene rings is 1. The zero-order valence-corrected chi connectivity index (χ0v) is 20.9. The minimum Gasteiger partial charge on any atom is -0.481 e. The molecule has 0 saturated heterocycles. The Balaban J connectivity index is 1.48. The number of nitrogens with one attached hydrogen (secondary N) is 1. The number of unbranched alkanes of at least 4 members (excludes halogenated alkanes) is 3. The number of aromatic nitrogens is 3. The highest BCUT2D eigenvalue weighted by molar-refractivity contribution is 6.06. The lowest BCUT2D eigenvalue weighted by Crippen LogP contribution is -2.43. The molecule has 0 radical (unpaired) electrons.